The number of thiazole rings is 1. The average Bonchev–Trinajstić information content (AvgIpc) is 3.22. The van der Waals surface area contributed by atoms with Gasteiger partial charge in [0.1, 0.15) is 9.96 Å². The molecule has 1 amide bonds. The van der Waals surface area contributed by atoms with Crippen LogP contribution in [-0.4, -0.2) is 30.8 Å². The van der Waals surface area contributed by atoms with Crippen LogP contribution in [0.1, 0.15) is 30.9 Å². The van der Waals surface area contributed by atoms with E-state index in [1.807, 2.05) is 25.1 Å². The molecule has 0 spiro atoms. The van der Waals surface area contributed by atoms with Crippen molar-refractivity contribution in [1.29, 1.82) is 0 Å². The topological polar surface area (TPSA) is 128 Å². The number of sulfone groups is 1. The molecule has 0 aliphatic rings. The number of nitrogens with zero attached hydrogens (tertiary/aromatic N) is 2. The molecule has 0 saturated heterocycles. The lowest BCUT2D eigenvalue weighted by Crippen LogP contribution is -2.20. The normalized spacial score (nSPS) is 11.4. The molecule has 0 unspecified atom stereocenters. The number of carbonyl (C=O) groups is 1. The second kappa shape index (κ2) is 9.45. The van der Waals surface area contributed by atoms with Crippen molar-refractivity contribution in [3.05, 3.63) is 69.9 Å². The first kappa shape index (κ1) is 23.4. The standard InChI is InChI=1S/C21H21N3O6S2/c1-13(2)15-5-4-14(3)18(10-15)30-12-19(25)23-21-22-11-20(31-21)32(28,29)17-8-6-16(7-9-17)24(26)27/h4-11,13H,12H2,1-3H3,(H,22,23,25). The number of aromatic nitrogens is 1. The zero-order valence-electron chi connectivity index (χ0n) is 17.6. The number of ether oxygens (including phenoxy) is 1. The van der Waals surface area contributed by atoms with E-state index in [2.05, 4.69) is 24.1 Å². The quantitative estimate of drug-likeness (QED) is 0.379. The van der Waals surface area contributed by atoms with Crippen LogP contribution < -0.4 is 10.1 Å². The first-order valence-electron chi connectivity index (χ1n) is 9.56. The van der Waals surface area contributed by atoms with E-state index in [9.17, 15) is 23.3 Å². The Hall–Kier alpha value is -3.31. The van der Waals surface area contributed by atoms with E-state index >= 15 is 0 Å². The minimum absolute atomic E-state index is 0.0944. The summed E-state index contributed by atoms with van der Waals surface area (Å²) in [6, 6.07) is 10.4. The van der Waals surface area contributed by atoms with Crippen LogP contribution in [0.25, 0.3) is 0 Å². The van der Waals surface area contributed by atoms with Gasteiger partial charge in [-0.1, -0.05) is 37.3 Å². The van der Waals surface area contributed by atoms with Crippen molar-refractivity contribution in [2.24, 2.45) is 0 Å². The summed E-state index contributed by atoms with van der Waals surface area (Å²) in [6.45, 7) is 5.75. The summed E-state index contributed by atoms with van der Waals surface area (Å²) in [5, 5.41) is 13.4. The largest absolute Gasteiger partial charge is 0.483 e. The van der Waals surface area contributed by atoms with E-state index in [1.54, 1.807) is 0 Å². The minimum atomic E-state index is -3.92. The van der Waals surface area contributed by atoms with Crippen LogP contribution >= 0.6 is 11.3 Å². The highest BCUT2D eigenvalue weighted by Gasteiger charge is 2.22. The lowest BCUT2D eigenvalue weighted by Gasteiger charge is -2.12. The van der Waals surface area contributed by atoms with Crippen LogP contribution in [0.5, 0.6) is 5.75 Å². The number of benzene rings is 2. The summed E-state index contributed by atoms with van der Waals surface area (Å²) in [5.74, 6) is 0.443. The van der Waals surface area contributed by atoms with E-state index in [4.69, 9.17) is 4.74 Å². The second-order valence-corrected chi connectivity index (χ2v) is 10.5. The Balaban J connectivity index is 1.66. The molecule has 0 saturated carbocycles. The third-order valence-electron chi connectivity index (χ3n) is 4.59. The Morgan fingerprint density at radius 1 is 1.22 bits per heavy atom. The average molecular weight is 476 g/mol. The van der Waals surface area contributed by atoms with Gasteiger partial charge in [-0.05, 0) is 42.2 Å². The number of hydrogen-bond acceptors (Lipinski definition) is 8. The maximum atomic E-state index is 12.7. The molecule has 2 aromatic carbocycles. The fourth-order valence-corrected chi connectivity index (χ4v) is 5.18. The third kappa shape index (κ3) is 5.29. The van der Waals surface area contributed by atoms with Gasteiger partial charge in [0.2, 0.25) is 9.84 Å². The van der Waals surface area contributed by atoms with Crippen molar-refractivity contribution >= 4 is 37.9 Å². The van der Waals surface area contributed by atoms with Gasteiger partial charge in [-0.2, -0.15) is 0 Å². The molecule has 0 radical (unpaired) electrons. The Morgan fingerprint density at radius 2 is 1.91 bits per heavy atom. The molecule has 0 aliphatic heterocycles. The highest BCUT2D eigenvalue weighted by atomic mass is 32.2. The summed E-state index contributed by atoms with van der Waals surface area (Å²) in [7, 11) is -3.92. The molecular weight excluding hydrogens is 454 g/mol. The monoisotopic (exact) mass is 475 g/mol. The van der Waals surface area contributed by atoms with E-state index in [1.165, 1.54) is 0 Å². The molecule has 1 aromatic heterocycles. The molecule has 1 N–H and O–H groups in total. The molecule has 3 aromatic rings. The highest BCUT2D eigenvalue weighted by Crippen LogP contribution is 2.29. The number of non-ortho nitro benzene ring substituents is 1. The number of amides is 1. The summed E-state index contributed by atoms with van der Waals surface area (Å²) in [4.78, 5) is 26.2. The molecule has 1 heterocycles. The number of carbonyl (C=O) groups excluding carboxylic acids is 1. The fraction of sp³-hybridized carbons (Fsp3) is 0.238. The van der Waals surface area contributed by atoms with Gasteiger partial charge in [0.15, 0.2) is 11.7 Å². The van der Waals surface area contributed by atoms with Crippen molar-refractivity contribution in [3.8, 4) is 5.75 Å². The lowest BCUT2D eigenvalue weighted by molar-refractivity contribution is -0.384. The maximum Gasteiger partial charge on any atom is 0.269 e. The summed E-state index contributed by atoms with van der Waals surface area (Å²) in [6.07, 6.45) is 1.13. The number of nitro benzene ring substituents is 1. The van der Waals surface area contributed by atoms with Gasteiger partial charge in [-0.3, -0.25) is 20.2 Å². The summed E-state index contributed by atoms with van der Waals surface area (Å²) >= 11 is 0.784. The first-order chi connectivity index (χ1) is 15.1. The van der Waals surface area contributed by atoms with Crippen molar-refractivity contribution in [2.45, 2.75) is 35.8 Å². The molecule has 0 atom stereocenters. The Labute approximate surface area is 189 Å². The van der Waals surface area contributed by atoms with Crippen molar-refractivity contribution < 1.29 is 22.9 Å². The highest BCUT2D eigenvalue weighted by molar-refractivity contribution is 7.93. The zero-order valence-corrected chi connectivity index (χ0v) is 19.2. The van der Waals surface area contributed by atoms with E-state index in [0.29, 0.717) is 11.7 Å². The number of nitro groups is 1. The van der Waals surface area contributed by atoms with Crippen LogP contribution in [0.3, 0.4) is 0 Å². The van der Waals surface area contributed by atoms with Gasteiger partial charge < -0.3 is 4.74 Å². The number of nitrogens with one attached hydrogen (secondary N) is 1. The molecule has 0 fully saturated rings. The Morgan fingerprint density at radius 3 is 2.53 bits per heavy atom. The predicted octanol–water partition coefficient (Wildman–Crippen LogP) is 4.33. The smallest absolute Gasteiger partial charge is 0.269 e. The number of rotatable bonds is 8. The van der Waals surface area contributed by atoms with E-state index in [0.717, 1.165) is 52.9 Å². The van der Waals surface area contributed by atoms with Crippen LogP contribution in [0.4, 0.5) is 10.8 Å². The second-order valence-electron chi connectivity index (χ2n) is 7.26. The third-order valence-corrected chi connectivity index (χ3v) is 7.73. The summed E-state index contributed by atoms with van der Waals surface area (Å²) < 4.78 is 31.0. The van der Waals surface area contributed by atoms with Crippen molar-refractivity contribution in [1.82, 2.24) is 4.98 Å². The summed E-state index contributed by atoms with van der Waals surface area (Å²) in [5.41, 5.74) is 1.77. The van der Waals surface area contributed by atoms with Crippen molar-refractivity contribution in [3.63, 3.8) is 0 Å². The van der Waals surface area contributed by atoms with Gasteiger partial charge >= 0.3 is 0 Å². The molecular formula is C21H21N3O6S2. The molecule has 168 valence electrons. The molecule has 32 heavy (non-hydrogen) atoms. The van der Waals surface area contributed by atoms with E-state index in [-0.39, 0.29) is 26.5 Å². The van der Waals surface area contributed by atoms with E-state index < -0.39 is 20.7 Å². The maximum absolute atomic E-state index is 12.7. The molecule has 0 aliphatic carbocycles. The Bertz CT molecular complexity index is 1250. The van der Waals surface area contributed by atoms with Gasteiger partial charge in [0.05, 0.1) is 16.0 Å². The fourth-order valence-electron chi connectivity index (χ4n) is 2.73. The zero-order chi connectivity index (χ0) is 23.5. The Kier molecular flexibility index (Phi) is 6.90. The van der Waals surface area contributed by atoms with Crippen LogP contribution in [0, 0.1) is 17.0 Å². The molecule has 0 bridgehead atoms. The van der Waals surface area contributed by atoms with Crippen molar-refractivity contribution in [2.75, 3.05) is 11.9 Å². The van der Waals surface area contributed by atoms with Gasteiger partial charge in [0.25, 0.3) is 11.6 Å². The number of aryl methyl sites for hydroxylation is 1. The van der Waals surface area contributed by atoms with Gasteiger partial charge in [0, 0.05) is 12.1 Å². The molecule has 3 rings (SSSR count). The first-order valence-corrected chi connectivity index (χ1v) is 11.9. The molecule has 9 nitrogen and oxygen atoms in total. The minimum Gasteiger partial charge on any atom is -0.483 e. The van der Waals surface area contributed by atoms with Crippen LogP contribution in [-0.2, 0) is 14.6 Å². The van der Waals surface area contributed by atoms with Crippen LogP contribution in [0.15, 0.2) is 57.8 Å². The SMILES string of the molecule is Cc1ccc(C(C)C)cc1OCC(=O)Nc1ncc(S(=O)(=O)c2ccc([N+](=O)[O-])cc2)s1. The predicted molar refractivity (Wildman–Crippen MR) is 120 cm³/mol. The number of hydrogen-bond donors (Lipinski definition) is 1. The lowest BCUT2D eigenvalue weighted by atomic mass is 10.0. The van der Waals surface area contributed by atoms with Gasteiger partial charge in [-0.15, -0.1) is 0 Å². The molecule has 11 heteroatoms. The van der Waals surface area contributed by atoms with Gasteiger partial charge in [-0.25, -0.2) is 13.4 Å². The van der Waals surface area contributed by atoms with Crippen LogP contribution in [0.2, 0.25) is 0 Å². The number of anilines is 1.